The molecule has 0 aliphatic carbocycles. The van der Waals surface area contributed by atoms with Gasteiger partial charge in [0.15, 0.2) is 0 Å². The molecule has 0 unspecified atom stereocenters. The van der Waals surface area contributed by atoms with Gasteiger partial charge in [0.1, 0.15) is 11.6 Å². The molecule has 1 aliphatic rings. The van der Waals surface area contributed by atoms with Crippen molar-refractivity contribution in [2.75, 3.05) is 32.2 Å². The lowest BCUT2D eigenvalue weighted by atomic mass is 10.1. The van der Waals surface area contributed by atoms with E-state index in [1.165, 1.54) is 5.56 Å². The molecule has 112 valence electrons. The lowest BCUT2D eigenvalue weighted by Gasteiger charge is -2.25. The highest BCUT2D eigenvalue weighted by Gasteiger charge is 2.20. The zero-order chi connectivity index (χ0) is 14.5. The minimum atomic E-state index is 0.414. The summed E-state index contributed by atoms with van der Waals surface area (Å²) in [5.41, 5.74) is 1.30. The summed E-state index contributed by atoms with van der Waals surface area (Å²) in [6.45, 7) is 2.46. The van der Waals surface area contributed by atoms with E-state index >= 15 is 0 Å². The number of benzene rings is 1. The van der Waals surface area contributed by atoms with Crippen LogP contribution in [0.4, 0.5) is 5.82 Å². The van der Waals surface area contributed by atoms with Gasteiger partial charge in [-0.3, -0.25) is 4.68 Å². The number of hydrogen-bond acceptors (Lipinski definition) is 4. The summed E-state index contributed by atoms with van der Waals surface area (Å²) in [6, 6.07) is 10.7. The van der Waals surface area contributed by atoms with E-state index in [-0.39, 0.29) is 0 Å². The van der Waals surface area contributed by atoms with Crippen LogP contribution in [0.15, 0.2) is 36.5 Å². The summed E-state index contributed by atoms with van der Waals surface area (Å²) >= 11 is 0. The van der Waals surface area contributed by atoms with E-state index in [4.69, 9.17) is 9.47 Å². The van der Waals surface area contributed by atoms with Gasteiger partial charge in [0.2, 0.25) is 0 Å². The fraction of sp³-hybridized carbons (Fsp3) is 0.438. The fourth-order valence-corrected chi connectivity index (χ4v) is 2.35. The number of anilines is 1. The van der Waals surface area contributed by atoms with Gasteiger partial charge >= 0.3 is 0 Å². The first-order valence-corrected chi connectivity index (χ1v) is 7.35. The molecule has 1 saturated heterocycles. The van der Waals surface area contributed by atoms with Gasteiger partial charge in [-0.05, 0) is 30.5 Å². The quantitative estimate of drug-likeness (QED) is 0.795. The van der Waals surface area contributed by atoms with Crippen molar-refractivity contribution in [1.82, 2.24) is 9.78 Å². The zero-order valence-corrected chi connectivity index (χ0v) is 12.3. The molecule has 1 aliphatic heterocycles. The molecule has 5 nitrogen and oxygen atoms in total. The Morgan fingerprint density at radius 1 is 1.38 bits per heavy atom. The number of aryl methyl sites for hydroxylation is 1. The molecule has 0 saturated carbocycles. The van der Waals surface area contributed by atoms with E-state index < -0.39 is 0 Å². The van der Waals surface area contributed by atoms with E-state index in [2.05, 4.69) is 22.5 Å². The van der Waals surface area contributed by atoms with Crippen LogP contribution in [0.5, 0.6) is 5.75 Å². The van der Waals surface area contributed by atoms with Crippen LogP contribution in [0.3, 0.4) is 0 Å². The average molecular weight is 287 g/mol. The number of methoxy groups -OCH3 is 1. The van der Waals surface area contributed by atoms with Crippen LogP contribution in [-0.4, -0.2) is 36.6 Å². The Kier molecular flexibility index (Phi) is 4.40. The maximum Gasteiger partial charge on any atom is 0.147 e. The van der Waals surface area contributed by atoms with Crippen molar-refractivity contribution in [3.63, 3.8) is 0 Å². The van der Waals surface area contributed by atoms with Gasteiger partial charge in [0.05, 0.1) is 26.4 Å². The summed E-state index contributed by atoms with van der Waals surface area (Å²) in [6.07, 6.45) is 4.10. The van der Waals surface area contributed by atoms with E-state index in [0.29, 0.717) is 6.04 Å². The van der Waals surface area contributed by atoms with Crippen molar-refractivity contribution in [3.8, 4) is 5.75 Å². The molecule has 3 rings (SSSR count). The smallest absolute Gasteiger partial charge is 0.147 e. The molecule has 0 bridgehead atoms. The predicted octanol–water partition coefficient (Wildman–Crippen LogP) is 2.51. The maximum absolute atomic E-state index is 5.23. The number of rotatable bonds is 7. The van der Waals surface area contributed by atoms with Gasteiger partial charge in [0, 0.05) is 18.8 Å². The van der Waals surface area contributed by atoms with Gasteiger partial charge in [0.25, 0.3) is 0 Å². The Morgan fingerprint density at radius 3 is 3.05 bits per heavy atom. The second-order valence-corrected chi connectivity index (χ2v) is 5.25. The summed E-state index contributed by atoms with van der Waals surface area (Å²) in [4.78, 5) is 0. The van der Waals surface area contributed by atoms with Crippen molar-refractivity contribution < 1.29 is 9.47 Å². The van der Waals surface area contributed by atoms with Crippen molar-refractivity contribution in [1.29, 1.82) is 0 Å². The minimum Gasteiger partial charge on any atom is -0.497 e. The second kappa shape index (κ2) is 6.63. The topological polar surface area (TPSA) is 48.3 Å². The molecule has 2 heterocycles. The van der Waals surface area contributed by atoms with Gasteiger partial charge in [-0.15, -0.1) is 0 Å². The molecule has 0 amide bonds. The highest BCUT2D eigenvalue weighted by Crippen LogP contribution is 2.17. The van der Waals surface area contributed by atoms with Crippen molar-refractivity contribution in [2.24, 2.45) is 0 Å². The molecule has 2 aromatic rings. The third kappa shape index (κ3) is 3.55. The first kappa shape index (κ1) is 13.9. The number of nitrogens with zero attached hydrogens (tertiary/aromatic N) is 2. The highest BCUT2D eigenvalue weighted by molar-refractivity contribution is 5.32. The van der Waals surface area contributed by atoms with E-state index in [1.54, 1.807) is 7.11 Å². The van der Waals surface area contributed by atoms with E-state index in [0.717, 1.165) is 44.2 Å². The minimum absolute atomic E-state index is 0.414. The SMILES string of the molecule is COc1cccc(CCCNc2ccn(C3COC3)n2)c1. The standard InChI is InChI=1S/C16H21N3O2/c1-20-15-6-2-4-13(10-15)5-3-8-17-16-7-9-19(18-16)14-11-21-12-14/h2,4,6-7,9-10,14H,3,5,8,11-12H2,1H3,(H,17,18). The Hall–Kier alpha value is -2.01. The molecule has 0 atom stereocenters. The molecule has 0 radical (unpaired) electrons. The summed E-state index contributed by atoms with van der Waals surface area (Å²) < 4.78 is 12.4. The van der Waals surface area contributed by atoms with Crippen molar-refractivity contribution >= 4 is 5.82 Å². The molecule has 1 fully saturated rings. The first-order chi connectivity index (χ1) is 10.3. The van der Waals surface area contributed by atoms with Crippen LogP contribution in [-0.2, 0) is 11.2 Å². The Morgan fingerprint density at radius 2 is 2.29 bits per heavy atom. The number of nitrogens with one attached hydrogen (secondary N) is 1. The molecule has 1 aromatic carbocycles. The van der Waals surface area contributed by atoms with Gasteiger partial charge < -0.3 is 14.8 Å². The molecular weight excluding hydrogens is 266 g/mol. The lowest BCUT2D eigenvalue weighted by Crippen LogP contribution is -2.30. The molecule has 1 aromatic heterocycles. The first-order valence-electron chi connectivity index (χ1n) is 7.35. The monoisotopic (exact) mass is 287 g/mol. The lowest BCUT2D eigenvalue weighted by molar-refractivity contribution is -0.0285. The molecule has 5 heteroatoms. The molecule has 0 spiro atoms. The van der Waals surface area contributed by atoms with E-state index in [1.807, 2.05) is 29.1 Å². The van der Waals surface area contributed by atoms with Gasteiger partial charge in [-0.2, -0.15) is 5.10 Å². The van der Waals surface area contributed by atoms with Gasteiger partial charge in [-0.25, -0.2) is 0 Å². The molecule has 21 heavy (non-hydrogen) atoms. The average Bonchev–Trinajstić information content (AvgIpc) is 2.90. The summed E-state index contributed by atoms with van der Waals surface area (Å²) in [5.74, 6) is 1.86. The largest absolute Gasteiger partial charge is 0.497 e. The Bertz CT molecular complexity index is 578. The number of hydrogen-bond donors (Lipinski definition) is 1. The highest BCUT2D eigenvalue weighted by atomic mass is 16.5. The number of aromatic nitrogens is 2. The van der Waals surface area contributed by atoms with Crippen molar-refractivity contribution in [2.45, 2.75) is 18.9 Å². The van der Waals surface area contributed by atoms with Crippen LogP contribution in [0, 0.1) is 0 Å². The second-order valence-electron chi connectivity index (χ2n) is 5.25. The summed E-state index contributed by atoms with van der Waals surface area (Å²) in [5, 5.41) is 7.87. The van der Waals surface area contributed by atoms with Crippen LogP contribution in [0.1, 0.15) is 18.0 Å². The number of ether oxygens (including phenoxy) is 2. The predicted molar refractivity (Wildman–Crippen MR) is 81.9 cm³/mol. The third-order valence-electron chi connectivity index (χ3n) is 3.69. The Balaban J connectivity index is 1.42. The molecular formula is C16H21N3O2. The van der Waals surface area contributed by atoms with Crippen LogP contribution in [0.2, 0.25) is 0 Å². The molecule has 1 N–H and O–H groups in total. The van der Waals surface area contributed by atoms with Crippen LogP contribution >= 0.6 is 0 Å². The van der Waals surface area contributed by atoms with Gasteiger partial charge in [-0.1, -0.05) is 12.1 Å². The van der Waals surface area contributed by atoms with E-state index in [9.17, 15) is 0 Å². The van der Waals surface area contributed by atoms with Crippen LogP contribution < -0.4 is 10.1 Å². The third-order valence-corrected chi connectivity index (χ3v) is 3.69. The fourth-order valence-electron chi connectivity index (χ4n) is 2.35. The van der Waals surface area contributed by atoms with Crippen molar-refractivity contribution in [3.05, 3.63) is 42.1 Å². The normalized spacial score (nSPS) is 14.7. The summed E-state index contributed by atoms with van der Waals surface area (Å²) in [7, 11) is 1.70. The maximum atomic E-state index is 5.23. The zero-order valence-electron chi connectivity index (χ0n) is 12.3. The Labute approximate surface area is 124 Å². The van der Waals surface area contributed by atoms with Crippen LogP contribution in [0.25, 0.3) is 0 Å².